The van der Waals surface area contributed by atoms with Crippen LogP contribution in [0.1, 0.15) is 13.8 Å². The van der Waals surface area contributed by atoms with E-state index in [9.17, 15) is 9.59 Å². The van der Waals surface area contributed by atoms with Crippen molar-refractivity contribution in [1.29, 1.82) is 0 Å². The number of halogens is 1. The largest absolute Gasteiger partial charge is 0.372 e. The molecular weight excluding hydrogens is 330 g/mol. The maximum atomic E-state index is 12.4. The number of carbonyl (C=O) groups excluding carboxylic acids is 2. The Kier molecular flexibility index (Phi) is 6.60. The van der Waals surface area contributed by atoms with E-state index in [1.54, 1.807) is 18.2 Å². The highest BCUT2D eigenvalue weighted by Gasteiger charge is 2.27. The normalized spacial score (nSPS) is 22.1. The lowest BCUT2D eigenvalue weighted by Crippen LogP contribution is -3.11. The molecule has 24 heavy (non-hydrogen) atoms. The molecule has 1 fully saturated rings. The molecule has 0 spiro atoms. The highest BCUT2D eigenvalue weighted by Crippen LogP contribution is 2.19. The van der Waals surface area contributed by atoms with Gasteiger partial charge >= 0.3 is 0 Å². The van der Waals surface area contributed by atoms with Crippen molar-refractivity contribution in [3.63, 3.8) is 0 Å². The number of ether oxygens (including phenoxy) is 1. The van der Waals surface area contributed by atoms with Gasteiger partial charge in [-0.15, -0.1) is 0 Å². The van der Waals surface area contributed by atoms with Crippen molar-refractivity contribution in [3.8, 4) is 0 Å². The molecule has 2 amide bonds. The average molecular weight is 355 g/mol. The number of carbonyl (C=O) groups is 2. The summed E-state index contributed by atoms with van der Waals surface area (Å²) in [7, 11) is 1.83. The van der Waals surface area contributed by atoms with Crippen LogP contribution in [0, 0.1) is 0 Å². The van der Waals surface area contributed by atoms with Gasteiger partial charge < -0.3 is 19.9 Å². The van der Waals surface area contributed by atoms with Crippen LogP contribution in [0.25, 0.3) is 0 Å². The number of likely N-dealkylation sites (N-methyl/N-ethyl adjacent to an activating group) is 1. The van der Waals surface area contributed by atoms with E-state index < -0.39 is 0 Å². The minimum Gasteiger partial charge on any atom is -0.372 e. The minimum absolute atomic E-state index is 0.0417. The number of hydrogen-bond acceptors (Lipinski definition) is 3. The molecule has 1 heterocycles. The van der Waals surface area contributed by atoms with Crippen LogP contribution in [0.15, 0.2) is 24.3 Å². The van der Waals surface area contributed by atoms with Crippen molar-refractivity contribution in [2.24, 2.45) is 0 Å². The van der Waals surface area contributed by atoms with Crippen molar-refractivity contribution in [2.45, 2.75) is 26.1 Å². The van der Waals surface area contributed by atoms with E-state index in [1.807, 2.05) is 31.9 Å². The Morgan fingerprint density at radius 3 is 2.50 bits per heavy atom. The van der Waals surface area contributed by atoms with Gasteiger partial charge in [-0.05, 0) is 26.0 Å². The molecule has 6 nitrogen and oxygen atoms in total. The van der Waals surface area contributed by atoms with E-state index in [0.717, 1.165) is 4.90 Å². The lowest BCUT2D eigenvalue weighted by atomic mass is 10.2. The Labute approximate surface area is 147 Å². The predicted molar refractivity (Wildman–Crippen MR) is 93.3 cm³/mol. The Balaban J connectivity index is 1.81. The highest BCUT2D eigenvalue weighted by molar-refractivity contribution is 6.33. The number of rotatable bonds is 5. The molecule has 7 heteroatoms. The van der Waals surface area contributed by atoms with Crippen molar-refractivity contribution in [1.82, 2.24) is 4.90 Å². The van der Waals surface area contributed by atoms with Crippen molar-refractivity contribution >= 4 is 29.1 Å². The highest BCUT2D eigenvalue weighted by atomic mass is 35.5. The Morgan fingerprint density at radius 1 is 1.25 bits per heavy atom. The molecule has 0 saturated carbocycles. The first-order valence-corrected chi connectivity index (χ1v) is 8.52. The van der Waals surface area contributed by atoms with E-state index in [0.29, 0.717) is 23.8 Å². The van der Waals surface area contributed by atoms with E-state index >= 15 is 0 Å². The van der Waals surface area contributed by atoms with E-state index in [4.69, 9.17) is 16.3 Å². The maximum Gasteiger partial charge on any atom is 0.279 e. The fourth-order valence-electron chi connectivity index (χ4n) is 2.85. The average Bonchev–Trinajstić information content (AvgIpc) is 2.48. The van der Waals surface area contributed by atoms with Crippen LogP contribution in [-0.4, -0.2) is 62.1 Å². The van der Waals surface area contributed by atoms with Crippen LogP contribution >= 0.6 is 11.6 Å². The summed E-state index contributed by atoms with van der Waals surface area (Å²) in [5, 5.41) is 3.27. The van der Waals surface area contributed by atoms with Crippen molar-refractivity contribution in [2.75, 3.05) is 38.5 Å². The Bertz CT molecular complexity index is 586. The summed E-state index contributed by atoms with van der Waals surface area (Å²) in [5.41, 5.74) is 0.583. The zero-order valence-electron chi connectivity index (χ0n) is 14.3. The molecule has 3 atom stereocenters. The summed E-state index contributed by atoms with van der Waals surface area (Å²) in [6.07, 6.45) is 0.0862. The summed E-state index contributed by atoms with van der Waals surface area (Å²) in [4.78, 5) is 27.1. The fraction of sp³-hybridized carbons (Fsp3) is 0.529. The maximum absolute atomic E-state index is 12.4. The number of quaternary nitrogens is 1. The van der Waals surface area contributed by atoms with Gasteiger partial charge in [-0.1, -0.05) is 23.7 Å². The monoisotopic (exact) mass is 354 g/mol. The molecule has 1 unspecified atom stereocenters. The van der Waals surface area contributed by atoms with Crippen LogP contribution in [0.2, 0.25) is 5.02 Å². The summed E-state index contributed by atoms with van der Waals surface area (Å²) >= 11 is 6.02. The first-order chi connectivity index (χ1) is 11.3. The van der Waals surface area contributed by atoms with Crippen LogP contribution in [0.3, 0.4) is 0 Å². The number of hydrogen-bond donors (Lipinski definition) is 2. The summed E-state index contributed by atoms with van der Waals surface area (Å²) in [6.45, 7) is 5.60. The molecule has 0 bridgehead atoms. The molecule has 0 aromatic heterocycles. The second-order valence-corrected chi connectivity index (χ2v) is 6.80. The SMILES string of the molecule is C[C@@H]1CN(C(=O)C[NH+](C)CC(=O)Nc2ccccc2Cl)C[C@H](C)O1. The van der Waals surface area contributed by atoms with Gasteiger partial charge in [-0.25, -0.2) is 0 Å². The standard InChI is InChI=1S/C17H24ClN3O3/c1-12-8-21(9-13(2)24-12)17(23)11-20(3)10-16(22)19-15-7-5-4-6-14(15)18/h4-7,12-13H,8-11H2,1-3H3,(H,19,22)/p+1/t12-,13+. The second-order valence-electron chi connectivity index (χ2n) is 6.39. The van der Waals surface area contributed by atoms with Gasteiger partial charge in [0.15, 0.2) is 13.1 Å². The molecule has 132 valence electrons. The number of anilines is 1. The first-order valence-electron chi connectivity index (χ1n) is 8.14. The van der Waals surface area contributed by atoms with Crippen LogP contribution in [0.4, 0.5) is 5.69 Å². The molecule has 0 aliphatic carbocycles. The molecular formula is C17H25ClN3O3+. The fourth-order valence-corrected chi connectivity index (χ4v) is 3.03. The van der Waals surface area contributed by atoms with E-state index in [1.165, 1.54) is 0 Å². The van der Waals surface area contributed by atoms with Crippen LogP contribution < -0.4 is 10.2 Å². The summed E-state index contributed by atoms with van der Waals surface area (Å²) in [5.74, 6) is -0.128. The quantitative estimate of drug-likeness (QED) is 0.806. The van der Waals surface area contributed by atoms with Crippen LogP contribution in [0.5, 0.6) is 0 Å². The van der Waals surface area contributed by atoms with Gasteiger partial charge in [0.2, 0.25) is 0 Å². The third-order valence-corrected chi connectivity index (χ3v) is 4.17. The predicted octanol–water partition coefficient (Wildman–Crippen LogP) is 0.429. The lowest BCUT2D eigenvalue weighted by molar-refractivity contribution is -0.862. The van der Waals surface area contributed by atoms with Gasteiger partial charge in [0.25, 0.3) is 11.8 Å². The summed E-state index contributed by atoms with van der Waals surface area (Å²) in [6, 6.07) is 7.08. The molecule has 1 aliphatic rings. The molecule has 1 saturated heterocycles. The molecule has 1 aromatic carbocycles. The molecule has 2 N–H and O–H groups in total. The number of nitrogens with zero attached hydrogens (tertiary/aromatic N) is 1. The number of benzene rings is 1. The molecule has 2 rings (SSSR count). The third kappa shape index (κ3) is 5.47. The lowest BCUT2D eigenvalue weighted by Gasteiger charge is -2.35. The third-order valence-electron chi connectivity index (χ3n) is 3.84. The van der Waals surface area contributed by atoms with Crippen LogP contribution in [-0.2, 0) is 14.3 Å². The van der Waals surface area contributed by atoms with Gasteiger partial charge in [0, 0.05) is 13.1 Å². The van der Waals surface area contributed by atoms with E-state index in [2.05, 4.69) is 5.32 Å². The molecule has 1 aliphatic heterocycles. The zero-order chi connectivity index (χ0) is 17.7. The zero-order valence-corrected chi connectivity index (χ0v) is 15.1. The Hall–Kier alpha value is -1.63. The molecule has 1 aromatic rings. The molecule has 0 radical (unpaired) electrons. The number of para-hydroxylation sites is 1. The smallest absolute Gasteiger partial charge is 0.279 e. The Morgan fingerprint density at radius 2 is 1.88 bits per heavy atom. The van der Waals surface area contributed by atoms with Crippen molar-refractivity contribution in [3.05, 3.63) is 29.3 Å². The minimum atomic E-state index is -0.169. The van der Waals surface area contributed by atoms with Gasteiger partial charge in [0.05, 0.1) is 30.0 Å². The van der Waals surface area contributed by atoms with Crippen molar-refractivity contribution < 1.29 is 19.2 Å². The summed E-state index contributed by atoms with van der Waals surface area (Å²) < 4.78 is 5.64. The van der Waals surface area contributed by atoms with Gasteiger partial charge in [0.1, 0.15) is 0 Å². The van der Waals surface area contributed by atoms with E-state index in [-0.39, 0.29) is 37.1 Å². The number of amides is 2. The van der Waals surface area contributed by atoms with Gasteiger partial charge in [-0.3, -0.25) is 9.59 Å². The number of morpholine rings is 1. The number of nitrogens with one attached hydrogen (secondary N) is 2. The second kappa shape index (κ2) is 8.46. The topological polar surface area (TPSA) is 63.1 Å². The van der Waals surface area contributed by atoms with Gasteiger partial charge in [-0.2, -0.15) is 0 Å². The first kappa shape index (κ1) is 18.7.